The molecule has 2 N–H and O–H groups in total. The number of rotatable bonds is 7. The molecule has 2 fully saturated rings. The van der Waals surface area contributed by atoms with E-state index in [1.54, 1.807) is 12.3 Å². The maximum absolute atomic E-state index is 13.4. The molecule has 3 aliphatic rings. The number of amidine groups is 1. The number of aromatic nitrogens is 2. The van der Waals surface area contributed by atoms with Crippen molar-refractivity contribution in [1.82, 2.24) is 19.4 Å². The summed E-state index contributed by atoms with van der Waals surface area (Å²) in [6, 6.07) is 5.38. The van der Waals surface area contributed by atoms with Gasteiger partial charge in [0, 0.05) is 55.8 Å². The maximum atomic E-state index is 13.4. The average molecular weight is 568 g/mol. The molecule has 41 heavy (non-hydrogen) atoms. The minimum Gasteiger partial charge on any atom is -0.383 e. The third kappa shape index (κ3) is 6.61. The van der Waals surface area contributed by atoms with Crippen LogP contribution in [0.3, 0.4) is 0 Å². The van der Waals surface area contributed by atoms with Gasteiger partial charge in [0.25, 0.3) is 5.91 Å². The largest absolute Gasteiger partial charge is 0.416 e. The Hall–Kier alpha value is -3.73. The lowest BCUT2D eigenvalue weighted by molar-refractivity contribution is -0.137. The molecule has 0 aliphatic carbocycles. The molecule has 0 spiro atoms. The lowest BCUT2D eigenvalue weighted by Crippen LogP contribution is -2.37. The number of carbonyl (C=O) groups excluding carboxylic acids is 1. The van der Waals surface area contributed by atoms with Crippen LogP contribution in [0, 0.1) is 0 Å². The first-order valence-corrected chi connectivity index (χ1v) is 14.2. The molecule has 218 valence electrons. The summed E-state index contributed by atoms with van der Waals surface area (Å²) in [7, 11) is 0. The van der Waals surface area contributed by atoms with Crippen LogP contribution in [-0.4, -0.2) is 70.5 Å². The number of benzene rings is 1. The van der Waals surface area contributed by atoms with Crippen LogP contribution in [0.4, 0.5) is 13.2 Å². The molecular formula is C30H36F3N7O. The van der Waals surface area contributed by atoms with Crippen molar-refractivity contribution in [2.45, 2.75) is 57.2 Å². The Morgan fingerprint density at radius 1 is 1.12 bits per heavy atom. The van der Waals surface area contributed by atoms with Crippen molar-refractivity contribution in [2.24, 2.45) is 15.7 Å². The van der Waals surface area contributed by atoms with Gasteiger partial charge in [0.15, 0.2) is 0 Å². The van der Waals surface area contributed by atoms with Crippen LogP contribution >= 0.6 is 0 Å². The molecule has 11 heteroatoms. The number of piperidine rings is 1. The number of hydrogen-bond donors (Lipinski definition) is 1. The van der Waals surface area contributed by atoms with Crippen LogP contribution in [0.2, 0.25) is 0 Å². The highest BCUT2D eigenvalue weighted by atomic mass is 19.4. The van der Waals surface area contributed by atoms with Gasteiger partial charge >= 0.3 is 6.18 Å². The first-order valence-electron chi connectivity index (χ1n) is 14.2. The summed E-state index contributed by atoms with van der Waals surface area (Å²) in [5.74, 6) is 0.678. The van der Waals surface area contributed by atoms with Crippen molar-refractivity contribution >= 4 is 18.5 Å². The summed E-state index contributed by atoms with van der Waals surface area (Å²) in [5, 5.41) is 0. The molecular weight excluding hydrogens is 531 g/mol. The molecule has 8 nitrogen and oxygen atoms in total. The topological polar surface area (TPSA) is 92.1 Å². The minimum absolute atomic E-state index is 0.126. The molecule has 2 aromatic rings. The Bertz CT molecular complexity index is 1360. The molecule has 0 saturated carbocycles. The number of aliphatic imine (C=N–C) groups is 2. The lowest BCUT2D eigenvalue weighted by Gasteiger charge is -2.36. The number of carbonyl (C=O) groups is 1. The molecule has 5 rings (SSSR count). The van der Waals surface area contributed by atoms with Crippen LogP contribution in [0.1, 0.15) is 55.8 Å². The Balaban J connectivity index is 1.40. The fraction of sp³-hybridized carbons (Fsp3) is 0.467. The highest BCUT2D eigenvalue weighted by Gasteiger charge is 2.32. The van der Waals surface area contributed by atoms with E-state index in [2.05, 4.69) is 31.1 Å². The number of alkyl halides is 3. The SMILES string of the molecule is C=NC(=O)C1=C(N2CCC(c3nc(-c4cccc(C(F)(F)F)c4)cn3CCN3CCCC3)CC2)CCC=CN=C1N. The van der Waals surface area contributed by atoms with E-state index in [1.807, 2.05) is 12.3 Å². The summed E-state index contributed by atoms with van der Waals surface area (Å²) in [4.78, 5) is 30.0. The smallest absolute Gasteiger partial charge is 0.383 e. The molecule has 1 aromatic heterocycles. The molecule has 1 amide bonds. The minimum atomic E-state index is -4.42. The second-order valence-corrected chi connectivity index (χ2v) is 10.8. The van der Waals surface area contributed by atoms with Gasteiger partial charge in [0.05, 0.1) is 11.3 Å². The van der Waals surface area contributed by atoms with Crippen LogP contribution in [0.5, 0.6) is 0 Å². The zero-order valence-electron chi connectivity index (χ0n) is 23.1. The third-order valence-electron chi connectivity index (χ3n) is 8.16. The van der Waals surface area contributed by atoms with E-state index >= 15 is 0 Å². The summed E-state index contributed by atoms with van der Waals surface area (Å²) >= 11 is 0. The van der Waals surface area contributed by atoms with Crippen molar-refractivity contribution < 1.29 is 18.0 Å². The Morgan fingerprint density at radius 2 is 1.88 bits per heavy atom. The van der Waals surface area contributed by atoms with E-state index in [-0.39, 0.29) is 11.8 Å². The standard InChI is InChI=1S/C30H36F3N7O/c1-35-29(41)26-25(9-2-3-12-36-27(26)34)39-15-10-21(11-16-39)28-37-24(20-40(28)18-17-38-13-4-5-14-38)22-7-6-8-23(19-22)30(31,32)33/h3,6-8,12,19-21H,1-2,4-5,9-11,13-18H2,(H2,34,36). The second-order valence-electron chi connectivity index (χ2n) is 10.8. The van der Waals surface area contributed by atoms with E-state index in [0.717, 1.165) is 63.0 Å². The maximum Gasteiger partial charge on any atom is 0.416 e. The first kappa shape index (κ1) is 28.8. The summed E-state index contributed by atoms with van der Waals surface area (Å²) in [5.41, 5.74) is 7.63. The van der Waals surface area contributed by atoms with Gasteiger partial charge in [0.2, 0.25) is 0 Å². The Morgan fingerprint density at radius 3 is 2.59 bits per heavy atom. The van der Waals surface area contributed by atoms with Gasteiger partial charge in [-0.3, -0.25) is 4.79 Å². The monoisotopic (exact) mass is 567 g/mol. The molecule has 0 unspecified atom stereocenters. The Kier molecular flexibility index (Phi) is 8.72. The first-order chi connectivity index (χ1) is 19.7. The fourth-order valence-electron chi connectivity index (χ4n) is 5.99. The predicted molar refractivity (Wildman–Crippen MR) is 153 cm³/mol. The van der Waals surface area contributed by atoms with Gasteiger partial charge in [-0.05, 0) is 70.5 Å². The van der Waals surface area contributed by atoms with E-state index in [9.17, 15) is 18.0 Å². The van der Waals surface area contributed by atoms with E-state index in [1.165, 1.54) is 25.0 Å². The molecule has 0 bridgehead atoms. The second kappa shape index (κ2) is 12.4. The highest BCUT2D eigenvalue weighted by Crippen LogP contribution is 2.35. The van der Waals surface area contributed by atoms with Crippen molar-refractivity contribution in [2.75, 3.05) is 32.7 Å². The van der Waals surface area contributed by atoms with Gasteiger partial charge in [0.1, 0.15) is 17.2 Å². The van der Waals surface area contributed by atoms with E-state index in [0.29, 0.717) is 36.3 Å². The zero-order chi connectivity index (χ0) is 29.0. The predicted octanol–water partition coefficient (Wildman–Crippen LogP) is 4.99. The number of allylic oxidation sites excluding steroid dienone is 2. The van der Waals surface area contributed by atoms with Crippen molar-refractivity contribution in [3.05, 3.63) is 65.4 Å². The normalized spacial score (nSPS) is 19.3. The van der Waals surface area contributed by atoms with Gasteiger partial charge < -0.3 is 20.1 Å². The molecule has 4 heterocycles. The number of halogens is 3. The van der Waals surface area contributed by atoms with Gasteiger partial charge in [-0.15, -0.1) is 0 Å². The molecule has 3 aliphatic heterocycles. The van der Waals surface area contributed by atoms with E-state index in [4.69, 9.17) is 10.7 Å². The fourth-order valence-corrected chi connectivity index (χ4v) is 5.99. The quantitative estimate of drug-likeness (QED) is 0.476. The zero-order valence-corrected chi connectivity index (χ0v) is 23.1. The molecule has 2 saturated heterocycles. The van der Waals surface area contributed by atoms with Gasteiger partial charge in [-0.2, -0.15) is 13.2 Å². The van der Waals surface area contributed by atoms with Gasteiger partial charge in [-0.25, -0.2) is 15.0 Å². The number of imidazole rings is 1. The summed E-state index contributed by atoms with van der Waals surface area (Å²) in [6.45, 7) is 8.52. The molecule has 0 atom stereocenters. The highest BCUT2D eigenvalue weighted by molar-refractivity contribution is 6.21. The molecule has 1 aromatic carbocycles. The van der Waals surface area contributed by atoms with Crippen LogP contribution < -0.4 is 5.73 Å². The average Bonchev–Trinajstić information content (AvgIpc) is 3.64. The van der Waals surface area contributed by atoms with E-state index < -0.39 is 17.6 Å². The lowest BCUT2D eigenvalue weighted by atomic mass is 9.94. The summed E-state index contributed by atoms with van der Waals surface area (Å²) < 4.78 is 42.4. The third-order valence-corrected chi connectivity index (χ3v) is 8.16. The summed E-state index contributed by atoms with van der Waals surface area (Å²) in [6.07, 6.45) is 6.33. The van der Waals surface area contributed by atoms with Crippen LogP contribution in [-0.2, 0) is 17.5 Å². The number of nitrogens with two attached hydrogens (primary N) is 1. The van der Waals surface area contributed by atoms with Crippen molar-refractivity contribution in [3.8, 4) is 11.3 Å². The Labute approximate surface area is 238 Å². The number of nitrogens with zero attached hydrogens (tertiary/aromatic N) is 6. The van der Waals surface area contributed by atoms with Crippen LogP contribution in [0.25, 0.3) is 11.3 Å². The van der Waals surface area contributed by atoms with Crippen molar-refractivity contribution in [3.63, 3.8) is 0 Å². The van der Waals surface area contributed by atoms with Crippen molar-refractivity contribution in [1.29, 1.82) is 0 Å². The van der Waals surface area contributed by atoms with Gasteiger partial charge in [-0.1, -0.05) is 18.2 Å². The number of hydrogen-bond acceptors (Lipinski definition) is 6. The van der Waals surface area contributed by atoms with Crippen LogP contribution in [0.15, 0.2) is 64.0 Å². The number of likely N-dealkylation sites (tertiary alicyclic amines) is 2. The number of amides is 1. The molecule has 0 radical (unpaired) electrons.